The highest BCUT2D eigenvalue weighted by Crippen LogP contribution is 2.33. The number of aromatic nitrogens is 1. The molecule has 0 amide bonds. The van der Waals surface area contributed by atoms with Crippen LogP contribution in [0.3, 0.4) is 0 Å². The van der Waals surface area contributed by atoms with Crippen LogP contribution in [-0.4, -0.2) is 11.6 Å². The van der Waals surface area contributed by atoms with Gasteiger partial charge in [-0.2, -0.15) is 0 Å². The van der Waals surface area contributed by atoms with Crippen LogP contribution in [0.1, 0.15) is 18.2 Å². The molecule has 3 nitrogen and oxygen atoms in total. The molecular formula is C14H14N2O. The molecule has 1 aliphatic heterocycles. The van der Waals surface area contributed by atoms with Crippen LogP contribution >= 0.6 is 0 Å². The Kier molecular flexibility index (Phi) is 2.76. The highest BCUT2D eigenvalue weighted by Gasteiger charge is 2.28. The quantitative estimate of drug-likeness (QED) is 0.787. The van der Waals surface area contributed by atoms with Crippen LogP contribution in [0.4, 0.5) is 5.69 Å². The second-order valence-electron chi connectivity index (χ2n) is 4.05. The molecule has 1 aromatic carbocycles. The SMILES string of the molecule is c1ccc(N2OCCC2c2ccccn2)cc1. The van der Waals surface area contributed by atoms with Crippen molar-refractivity contribution in [1.82, 2.24) is 4.98 Å². The van der Waals surface area contributed by atoms with E-state index in [-0.39, 0.29) is 6.04 Å². The minimum Gasteiger partial charge on any atom is -0.273 e. The zero-order valence-electron chi connectivity index (χ0n) is 9.49. The molecule has 0 bridgehead atoms. The minimum atomic E-state index is 0.221. The van der Waals surface area contributed by atoms with Crippen molar-refractivity contribution >= 4 is 5.69 Å². The number of rotatable bonds is 2. The van der Waals surface area contributed by atoms with E-state index in [0.717, 1.165) is 24.4 Å². The Morgan fingerprint density at radius 1 is 1.06 bits per heavy atom. The highest BCUT2D eigenvalue weighted by molar-refractivity contribution is 5.46. The second kappa shape index (κ2) is 4.55. The van der Waals surface area contributed by atoms with E-state index in [2.05, 4.69) is 23.2 Å². The number of nitrogens with zero attached hydrogens (tertiary/aromatic N) is 2. The van der Waals surface area contributed by atoms with Crippen LogP contribution < -0.4 is 5.06 Å². The third-order valence-corrected chi connectivity index (χ3v) is 2.94. The Hall–Kier alpha value is -1.87. The lowest BCUT2D eigenvalue weighted by Gasteiger charge is -2.23. The maximum atomic E-state index is 5.70. The molecule has 3 heteroatoms. The first kappa shape index (κ1) is 10.3. The van der Waals surface area contributed by atoms with Crippen LogP contribution in [-0.2, 0) is 4.84 Å². The fraction of sp³-hybridized carbons (Fsp3) is 0.214. The molecule has 1 aliphatic rings. The molecule has 1 fully saturated rings. The van der Waals surface area contributed by atoms with Crippen molar-refractivity contribution in [3.8, 4) is 0 Å². The van der Waals surface area contributed by atoms with Crippen molar-refractivity contribution in [2.75, 3.05) is 11.7 Å². The second-order valence-corrected chi connectivity index (χ2v) is 4.05. The van der Waals surface area contributed by atoms with Gasteiger partial charge in [0, 0.05) is 12.6 Å². The lowest BCUT2D eigenvalue weighted by molar-refractivity contribution is 0.158. The Morgan fingerprint density at radius 2 is 1.88 bits per heavy atom. The molecule has 1 aromatic heterocycles. The molecule has 2 heterocycles. The third kappa shape index (κ3) is 2.01. The third-order valence-electron chi connectivity index (χ3n) is 2.94. The molecule has 0 aliphatic carbocycles. The zero-order chi connectivity index (χ0) is 11.5. The molecule has 1 unspecified atom stereocenters. The summed E-state index contributed by atoms with van der Waals surface area (Å²) in [6.45, 7) is 0.746. The number of hydrogen-bond donors (Lipinski definition) is 0. The first-order chi connectivity index (χ1) is 8.45. The first-order valence-electron chi connectivity index (χ1n) is 5.83. The molecule has 1 atom stereocenters. The van der Waals surface area contributed by atoms with Crippen molar-refractivity contribution in [2.45, 2.75) is 12.5 Å². The van der Waals surface area contributed by atoms with E-state index in [4.69, 9.17) is 4.84 Å². The molecular weight excluding hydrogens is 212 g/mol. The van der Waals surface area contributed by atoms with Crippen molar-refractivity contribution in [3.05, 3.63) is 60.4 Å². The smallest absolute Gasteiger partial charge is 0.101 e. The van der Waals surface area contributed by atoms with Gasteiger partial charge in [-0.25, -0.2) is 5.06 Å². The molecule has 3 rings (SSSR count). The summed E-state index contributed by atoms with van der Waals surface area (Å²) in [5, 5.41) is 1.96. The largest absolute Gasteiger partial charge is 0.273 e. The minimum absolute atomic E-state index is 0.221. The number of benzene rings is 1. The van der Waals surface area contributed by atoms with Gasteiger partial charge in [0.2, 0.25) is 0 Å². The van der Waals surface area contributed by atoms with E-state index in [1.54, 1.807) is 0 Å². The van der Waals surface area contributed by atoms with E-state index < -0.39 is 0 Å². The van der Waals surface area contributed by atoms with Gasteiger partial charge in [-0.1, -0.05) is 24.3 Å². The molecule has 1 saturated heterocycles. The number of hydrogen-bond acceptors (Lipinski definition) is 3. The summed E-state index contributed by atoms with van der Waals surface area (Å²) in [5.41, 5.74) is 2.15. The Morgan fingerprint density at radius 3 is 2.65 bits per heavy atom. The molecule has 86 valence electrons. The zero-order valence-corrected chi connectivity index (χ0v) is 9.49. The number of pyridine rings is 1. The molecule has 0 radical (unpaired) electrons. The van der Waals surface area contributed by atoms with E-state index >= 15 is 0 Å². The summed E-state index contributed by atoms with van der Waals surface area (Å²) in [6, 6.07) is 16.4. The summed E-state index contributed by atoms with van der Waals surface area (Å²) in [7, 11) is 0. The summed E-state index contributed by atoms with van der Waals surface area (Å²) in [6.07, 6.45) is 2.81. The van der Waals surface area contributed by atoms with Gasteiger partial charge < -0.3 is 0 Å². The van der Waals surface area contributed by atoms with Gasteiger partial charge in [-0.15, -0.1) is 0 Å². The normalized spacial score (nSPS) is 19.5. The van der Waals surface area contributed by atoms with Gasteiger partial charge in [0.1, 0.15) is 6.04 Å². The molecule has 0 spiro atoms. The highest BCUT2D eigenvalue weighted by atomic mass is 16.7. The van der Waals surface area contributed by atoms with Crippen molar-refractivity contribution in [1.29, 1.82) is 0 Å². The fourth-order valence-electron chi connectivity index (χ4n) is 2.14. The average molecular weight is 226 g/mol. The Bertz CT molecular complexity index is 427. The fourth-order valence-corrected chi connectivity index (χ4v) is 2.14. The maximum absolute atomic E-state index is 5.70. The van der Waals surface area contributed by atoms with Crippen molar-refractivity contribution < 1.29 is 4.84 Å². The van der Waals surface area contributed by atoms with Crippen LogP contribution in [0.25, 0.3) is 0 Å². The molecule has 17 heavy (non-hydrogen) atoms. The van der Waals surface area contributed by atoms with Gasteiger partial charge >= 0.3 is 0 Å². The molecule has 2 aromatic rings. The van der Waals surface area contributed by atoms with Gasteiger partial charge in [0.15, 0.2) is 0 Å². The summed E-state index contributed by atoms with van der Waals surface area (Å²) < 4.78 is 0. The van der Waals surface area contributed by atoms with Crippen LogP contribution in [0, 0.1) is 0 Å². The van der Waals surface area contributed by atoms with Gasteiger partial charge in [-0.05, 0) is 24.3 Å². The van der Waals surface area contributed by atoms with Crippen LogP contribution in [0.5, 0.6) is 0 Å². The summed E-state index contributed by atoms with van der Waals surface area (Å²) in [4.78, 5) is 10.1. The van der Waals surface area contributed by atoms with E-state index in [0.29, 0.717) is 0 Å². The van der Waals surface area contributed by atoms with E-state index in [9.17, 15) is 0 Å². The standard InChI is InChI=1S/C14H14N2O/c1-2-6-12(7-3-1)16-14(9-11-17-16)13-8-4-5-10-15-13/h1-8,10,14H,9,11H2. The summed E-state index contributed by atoms with van der Waals surface area (Å²) in [5.74, 6) is 0. The Labute approximate surface area is 101 Å². The molecule has 0 N–H and O–H groups in total. The lowest BCUT2D eigenvalue weighted by Crippen LogP contribution is -2.21. The number of hydroxylamine groups is 1. The predicted molar refractivity (Wildman–Crippen MR) is 66.5 cm³/mol. The van der Waals surface area contributed by atoms with Gasteiger partial charge in [0.25, 0.3) is 0 Å². The maximum Gasteiger partial charge on any atom is 0.101 e. The van der Waals surface area contributed by atoms with Crippen LogP contribution in [0.2, 0.25) is 0 Å². The lowest BCUT2D eigenvalue weighted by atomic mass is 10.1. The van der Waals surface area contributed by atoms with Gasteiger partial charge in [0.05, 0.1) is 18.0 Å². The number of anilines is 1. The van der Waals surface area contributed by atoms with Crippen molar-refractivity contribution in [2.24, 2.45) is 0 Å². The number of para-hydroxylation sites is 1. The molecule has 0 saturated carbocycles. The monoisotopic (exact) mass is 226 g/mol. The summed E-state index contributed by atoms with van der Waals surface area (Å²) >= 11 is 0. The predicted octanol–water partition coefficient (Wildman–Crippen LogP) is 2.96. The van der Waals surface area contributed by atoms with Crippen molar-refractivity contribution in [3.63, 3.8) is 0 Å². The topological polar surface area (TPSA) is 25.4 Å². The first-order valence-corrected chi connectivity index (χ1v) is 5.83. The van der Waals surface area contributed by atoms with Crippen LogP contribution in [0.15, 0.2) is 54.7 Å². The Balaban J connectivity index is 1.91. The average Bonchev–Trinajstić information content (AvgIpc) is 2.90. The van der Waals surface area contributed by atoms with Gasteiger partial charge in [-0.3, -0.25) is 9.82 Å². The van der Waals surface area contributed by atoms with E-state index in [1.165, 1.54) is 0 Å². The van der Waals surface area contributed by atoms with E-state index in [1.807, 2.05) is 41.6 Å².